The molecule has 0 aromatic heterocycles. The van der Waals surface area contributed by atoms with Gasteiger partial charge in [0.2, 0.25) is 0 Å². The van der Waals surface area contributed by atoms with Gasteiger partial charge in [0.1, 0.15) is 0 Å². The lowest BCUT2D eigenvalue weighted by molar-refractivity contribution is -0.366. The zero-order valence-corrected chi connectivity index (χ0v) is 8.82. The Morgan fingerprint density at radius 1 is 1.38 bits per heavy atom. The molecule has 1 aliphatic heterocycles. The highest BCUT2D eigenvalue weighted by atomic mass is 17.2. The molecule has 0 aromatic rings. The predicted octanol–water partition coefficient (Wildman–Crippen LogP) is 1.57. The van der Waals surface area contributed by atoms with Crippen molar-refractivity contribution >= 4 is 0 Å². The zero-order valence-electron chi connectivity index (χ0n) is 8.82. The lowest BCUT2D eigenvalue weighted by Crippen LogP contribution is -2.37. The number of hydrogen-bond acceptors (Lipinski definition) is 3. The highest BCUT2D eigenvalue weighted by Crippen LogP contribution is 2.27. The van der Waals surface area contributed by atoms with Gasteiger partial charge in [0.15, 0.2) is 0 Å². The van der Waals surface area contributed by atoms with E-state index in [0.717, 1.165) is 13.0 Å². The Morgan fingerprint density at radius 2 is 2.08 bits per heavy atom. The van der Waals surface area contributed by atoms with E-state index in [1.807, 2.05) is 0 Å². The van der Waals surface area contributed by atoms with Crippen LogP contribution >= 0.6 is 0 Å². The monoisotopic (exact) mass is 187 g/mol. The summed E-state index contributed by atoms with van der Waals surface area (Å²) in [6.45, 7) is 7.95. The fourth-order valence-corrected chi connectivity index (χ4v) is 1.56. The van der Waals surface area contributed by atoms with Crippen molar-refractivity contribution in [2.45, 2.75) is 33.3 Å². The summed E-state index contributed by atoms with van der Waals surface area (Å²) < 4.78 is 0. The minimum absolute atomic E-state index is 0.186. The van der Waals surface area contributed by atoms with Gasteiger partial charge in [0, 0.05) is 0 Å². The third-order valence-electron chi connectivity index (χ3n) is 2.96. The summed E-state index contributed by atoms with van der Waals surface area (Å²) in [5, 5.41) is 0. The van der Waals surface area contributed by atoms with Gasteiger partial charge in [-0.05, 0) is 30.7 Å². The molecule has 0 spiro atoms. The number of hydrogen-bond donors (Lipinski definition) is 1. The molecule has 13 heavy (non-hydrogen) atoms. The molecule has 0 bridgehead atoms. The topological polar surface area (TPSA) is 44.5 Å². The van der Waals surface area contributed by atoms with E-state index >= 15 is 0 Å². The second-order valence-electron chi connectivity index (χ2n) is 4.37. The lowest BCUT2D eigenvalue weighted by Gasteiger charge is -2.33. The van der Waals surface area contributed by atoms with Gasteiger partial charge in [-0.3, -0.25) is 0 Å². The van der Waals surface area contributed by atoms with E-state index in [9.17, 15) is 0 Å². The van der Waals surface area contributed by atoms with Gasteiger partial charge in [0.05, 0.1) is 12.7 Å². The number of rotatable bonds is 3. The Labute approximate surface area is 80.5 Å². The van der Waals surface area contributed by atoms with Crippen LogP contribution in [0.2, 0.25) is 0 Å². The Hall–Kier alpha value is -0.120. The first-order valence-corrected chi connectivity index (χ1v) is 5.13. The highest BCUT2D eigenvalue weighted by molar-refractivity contribution is 4.74. The molecule has 0 amide bonds. The molecule has 1 rings (SSSR count). The van der Waals surface area contributed by atoms with Crippen molar-refractivity contribution in [2.75, 3.05) is 13.2 Å². The minimum atomic E-state index is 0.186. The molecule has 0 saturated carbocycles. The van der Waals surface area contributed by atoms with Crippen LogP contribution in [-0.4, -0.2) is 19.3 Å². The number of nitrogens with two attached hydrogens (primary N) is 1. The Balaban J connectivity index is 2.41. The standard InChI is InChI=1S/C10H21NO2/c1-7(2)9-4-10(8(3)5-11)13-12-6-9/h7-10H,4-6,11H2,1-3H3. The smallest absolute Gasteiger partial charge is 0.0971 e. The van der Waals surface area contributed by atoms with Crippen LogP contribution in [0.5, 0.6) is 0 Å². The molecule has 3 heteroatoms. The summed E-state index contributed by atoms with van der Waals surface area (Å²) >= 11 is 0. The van der Waals surface area contributed by atoms with E-state index in [1.165, 1.54) is 0 Å². The van der Waals surface area contributed by atoms with Crippen LogP contribution in [0.15, 0.2) is 0 Å². The van der Waals surface area contributed by atoms with Crippen LogP contribution in [0.25, 0.3) is 0 Å². The van der Waals surface area contributed by atoms with Gasteiger partial charge < -0.3 is 5.73 Å². The summed E-state index contributed by atoms with van der Waals surface area (Å²) in [5.74, 6) is 1.67. The fraction of sp³-hybridized carbons (Fsp3) is 1.00. The van der Waals surface area contributed by atoms with Crippen molar-refractivity contribution in [3.05, 3.63) is 0 Å². The van der Waals surface area contributed by atoms with Gasteiger partial charge in [-0.2, -0.15) is 0 Å². The molecule has 0 aromatic carbocycles. The molecule has 1 saturated heterocycles. The second kappa shape index (κ2) is 4.94. The summed E-state index contributed by atoms with van der Waals surface area (Å²) in [7, 11) is 0. The van der Waals surface area contributed by atoms with Gasteiger partial charge in [-0.15, -0.1) is 0 Å². The van der Waals surface area contributed by atoms with Gasteiger partial charge >= 0.3 is 0 Å². The first kappa shape index (κ1) is 11.0. The quantitative estimate of drug-likeness (QED) is 0.682. The molecule has 1 fully saturated rings. The van der Waals surface area contributed by atoms with Crippen LogP contribution in [0.3, 0.4) is 0 Å². The molecule has 3 nitrogen and oxygen atoms in total. The molecule has 0 aliphatic carbocycles. The third kappa shape index (κ3) is 2.93. The molecule has 3 atom stereocenters. The van der Waals surface area contributed by atoms with E-state index in [0.29, 0.717) is 24.3 Å². The SMILES string of the molecule is CC(C)C1COOC(C(C)CN)C1. The van der Waals surface area contributed by atoms with Crippen molar-refractivity contribution < 1.29 is 9.78 Å². The normalized spacial score (nSPS) is 32.1. The molecule has 2 N–H and O–H groups in total. The summed E-state index contributed by atoms with van der Waals surface area (Å²) in [4.78, 5) is 10.4. The van der Waals surface area contributed by atoms with Crippen molar-refractivity contribution in [1.82, 2.24) is 0 Å². The maximum atomic E-state index is 5.59. The molecular formula is C10H21NO2. The van der Waals surface area contributed by atoms with E-state index in [1.54, 1.807) is 0 Å². The van der Waals surface area contributed by atoms with Crippen molar-refractivity contribution in [1.29, 1.82) is 0 Å². The Morgan fingerprint density at radius 3 is 2.62 bits per heavy atom. The average Bonchev–Trinajstić information content (AvgIpc) is 2.17. The van der Waals surface area contributed by atoms with Crippen molar-refractivity contribution in [3.63, 3.8) is 0 Å². The Bertz CT molecular complexity index is 150. The summed E-state index contributed by atoms with van der Waals surface area (Å²) in [6.07, 6.45) is 1.27. The van der Waals surface area contributed by atoms with Crippen molar-refractivity contribution in [2.24, 2.45) is 23.5 Å². The maximum Gasteiger partial charge on any atom is 0.0971 e. The fourth-order valence-electron chi connectivity index (χ4n) is 1.56. The molecular weight excluding hydrogens is 166 g/mol. The lowest BCUT2D eigenvalue weighted by atomic mass is 9.86. The van der Waals surface area contributed by atoms with E-state index < -0.39 is 0 Å². The first-order chi connectivity index (χ1) is 6.15. The van der Waals surface area contributed by atoms with Gasteiger partial charge in [-0.25, -0.2) is 9.78 Å². The molecule has 78 valence electrons. The van der Waals surface area contributed by atoms with E-state index in [-0.39, 0.29) is 6.10 Å². The van der Waals surface area contributed by atoms with Crippen molar-refractivity contribution in [3.8, 4) is 0 Å². The molecule has 0 radical (unpaired) electrons. The van der Waals surface area contributed by atoms with Crippen LogP contribution in [-0.2, 0) is 9.78 Å². The minimum Gasteiger partial charge on any atom is -0.330 e. The third-order valence-corrected chi connectivity index (χ3v) is 2.96. The molecule has 1 aliphatic rings. The first-order valence-electron chi connectivity index (χ1n) is 5.13. The van der Waals surface area contributed by atoms with Crippen LogP contribution in [0.1, 0.15) is 27.2 Å². The van der Waals surface area contributed by atoms with Crippen LogP contribution in [0, 0.1) is 17.8 Å². The predicted molar refractivity (Wildman–Crippen MR) is 52.0 cm³/mol. The van der Waals surface area contributed by atoms with Gasteiger partial charge in [0.25, 0.3) is 0 Å². The van der Waals surface area contributed by atoms with Crippen LogP contribution in [0.4, 0.5) is 0 Å². The largest absolute Gasteiger partial charge is 0.330 e. The average molecular weight is 187 g/mol. The summed E-state index contributed by atoms with van der Waals surface area (Å²) in [5.41, 5.74) is 5.59. The second-order valence-corrected chi connectivity index (χ2v) is 4.37. The zero-order chi connectivity index (χ0) is 9.84. The molecule has 3 unspecified atom stereocenters. The molecule has 1 heterocycles. The van der Waals surface area contributed by atoms with Gasteiger partial charge in [-0.1, -0.05) is 20.8 Å². The maximum absolute atomic E-state index is 5.59. The van der Waals surface area contributed by atoms with Crippen LogP contribution < -0.4 is 5.73 Å². The Kier molecular flexibility index (Phi) is 4.16. The highest BCUT2D eigenvalue weighted by Gasteiger charge is 2.29. The van der Waals surface area contributed by atoms with E-state index in [4.69, 9.17) is 15.5 Å². The van der Waals surface area contributed by atoms with E-state index in [2.05, 4.69) is 20.8 Å². The summed E-state index contributed by atoms with van der Waals surface area (Å²) in [6, 6.07) is 0.